The quantitative estimate of drug-likeness (QED) is 0.324. The Hall–Kier alpha value is -0.600. The Morgan fingerprint density at radius 1 is 1.00 bits per heavy atom. The third-order valence-corrected chi connectivity index (χ3v) is 2.03. The van der Waals surface area contributed by atoms with Crippen molar-refractivity contribution in [1.82, 2.24) is 0 Å². The molecule has 1 aromatic rings. The van der Waals surface area contributed by atoms with Crippen molar-refractivity contribution in [3.05, 3.63) is 35.9 Å². The minimum absolute atomic E-state index is 0.0476. The molecule has 110 valence electrons. The maximum absolute atomic E-state index is 10.3. The van der Waals surface area contributed by atoms with Gasteiger partial charge in [-0.25, -0.2) is 9.13 Å². The molecule has 6 N–H and O–H groups in total. The number of rotatable bonds is 4. The molecule has 0 bridgehead atoms. The molecule has 0 fully saturated rings. The monoisotopic (exact) mass is 316 g/mol. The molecule has 9 nitrogen and oxygen atoms in total. The zero-order valence-corrected chi connectivity index (χ0v) is 11.3. The van der Waals surface area contributed by atoms with E-state index in [1.54, 1.807) is 30.3 Å². The second-order valence-electron chi connectivity index (χ2n) is 3.25. The van der Waals surface area contributed by atoms with Gasteiger partial charge >= 0.3 is 15.6 Å². The van der Waals surface area contributed by atoms with Gasteiger partial charge in [0.25, 0.3) is 0 Å². The number of hydrogen-bond donors (Lipinski definition) is 6. The summed E-state index contributed by atoms with van der Waals surface area (Å²) in [5.74, 6) is 0. The van der Waals surface area contributed by atoms with E-state index in [1.807, 2.05) is 0 Å². The van der Waals surface area contributed by atoms with Crippen molar-refractivity contribution in [1.29, 1.82) is 0 Å². The van der Waals surface area contributed by atoms with E-state index in [-0.39, 0.29) is 6.42 Å². The Labute approximate surface area is 108 Å². The molecular formula is C8H14O9P2. The van der Waals surface area contributed by atoms with E-state index in [0.717, 1.165) is 5.56 Å². The van der Waals surface area contributed by atoms with Crippen LogP contribution in [0.1, 0.15) is 5.56 Å². The second kappa shape index (κ2) is 7.86. The molecule has 0 saturated heterocycles. The van der Waals surface area contributed by atoms with Crippen LogP contribution in [0.5, 0.6) is 0 Å². The van der Waals surface area contributed by atoms with Crippen LogP contribution in [0.4, 0.5) is 0 Å². The average Bonchev–Trinajstić information content (AvgIpc) is 2.12. The van der Waals surface area contributed by atoms with Crippen molar-refractivity contribution in [3.63, 3.8) is 0 Å². The highest BCUT2D eigenvalue weighted by Crippen LogP contribution is 2.37. The lowest BCUT2D eigenvalue weighted by Crippen LogP contribution is -2.13. The molecule has 1 aromatic carbocycles. The van der Waals surface area contributed by atoms with Crippen LogP contribution in [-0.4, -0.2) is 35.9 Å². The Morgan fingerprint density at radius 3 is 1.79 bits per heavy atom. The molecule has 0 saturated carbocycles. The highest BCUT2D eigenvalue weighted by molar-refractivity contribution is 7.46. The number of phosphoric ester groups is 1. The second-order valence-corrected chi connectivity index (χ2v) is 5.47. The van der Waals surface area contributed by atoms with E-state index in [9.17, 15) is 4.57 Å². The van der Waals surface area contributed by atoms with E-state index < -0.39 is 21.9 Å². The summed E-state index contributed by atoms with van der Waals surface area (Å²) in [6.45, 7) is 0. The summed E-state index contributed by atoms with van der Waals surface area (Å²) in [5, 5.41) is 9.12. The summed E-state index contributed by atoms with van der Waals surface area (Å²) in [6.07, 6.45) is -1.44. The minimum atomic E-state index is -4.64. The van der Waals surface area contributed by atoms with Crippen LogP contribution >= 0.6 is 15.6 Å². The maximum Gasteiger partial charge on any atom is 0.471 e. The lowest BCUT2D eigenvalue weighted by atomic mass is 10.1. The fourth-order valence-electron chi connectivity index (χ4n) is 1.01. The number of aliphatic hydroxyl groups excluding tert-OH is 1. The predicted octanol–water partition coefficient (Wildman–Crippen LogP) is -0.272. The van der Waals surface area contributed by atoms with Gasteiger partial charge in [0, 0.05) is 6.42 Å². The van der Waals surface area contributed by atoms with Gasteiger partial charge in [-0.3, -0.25) is 4.52 Å². The SMILES string of the molecule is O=P(O)(O)O.O=P(O)(O)OC(O)Cc1ccccc1. The van der Waals surface area contributed by atoms with Crippen molar-refractivity contribution in [2.75, 3.05) is 0 Å². The van der Waals surface area contributed by atoms with Gasteiger partial charge in [-0.15, -0.1) is 0 Å². The first-order valence-electron chi connectivity index (χ1n) is 4.71. The summed E-state index contributed by atoms with van der Waals surface area (Å²) < 4.78 is 23.3. The Kier molecular flexibility index (Phi) is 7.61. The molecule has 0 heterocycles. The summed E-state index contributed by atoms with van der Waals surface area (Å²) in [4.78, 5) is 38.4. The average molecular weight is 316 g/mol. The Balaban J connectivity index is 0.000000555. The molecule has 0 amide bonds. The van der Waals surface area contributed by atoms with Gasteiger partial charge in [-0.05, 0) is 5.56 Å². The number of hydrogen-bond acceptors (Lipinski definition) is 4. The first kappa shape index (κ1) is 18.4. The highest BCUT2D eigenvalue weighted by atomic mass is 31.2. The fraction of sp³-hybridized carbons (Fsp3) is 0.250. The maximum atomic E-state index is 10.3. The van der Waals surface area contributed by atoms with E-state index in [4.69, 9.17) is 34.1 Å². The minimum Gasteiger partial charge on any atom is -0.367 e. The molecule has 0 aliphatic carbocycles. The number of phosphoric acid groups is 2. The molecular weight excluding hydrogens is 302 g/mol. The van der Waals surface area contributed by atoms with Gasteiger partial charge in [0.2, 0.25) is 0 Å². The van der Waals surface area contributed by atoms with E-state index in [1.165, 1.54) is 0 Å². The normalized spacial score (nSPS) is 13.4. The first-order valence-corrected chi connectivity index (χ1v) is 7.81. The summed E-state index contributed by atoms with van der Waals surface area (Å²) in [5.41, 5.74) is 0.744. The summed E-state index contributed by atoms with van der Waals surface area (Å²) in [7, 11) is -9.25. The van der Waals surface area contributed by atoms with Crippen LogP contribution in [0.3, 0.4) is 0 Å². The van der Waals surface area contributed by atoms with Crippen molar-refractivity contribution >= 4 is 15.6 Å². The van der Waals surface area contributed by atoms with Gasteiger partial charge < -0.3 is 29.6 Å². The number of aliphatic hydroxyl groups is 1. The molecule has 0 aliphatic heterocycles. The van der Waals surface area contributed by atoms with Gasteiger partial charge in [0.1, 0.15) is 0 Å². The van der Waals surface area contributed by atoms with Crippen LogP contribution in [0, 0.1) is 0 Å². The fourth-order valence-corrected chi connectivity index (χ4v) is 1.40. The third-order valence-electron chi connectivity index (χ3n) is 1.51. The standard InChI is InChI=1S/C8H11O5P.H3O4P/c9-8(13-14(10,11)12)6-7-4-2-1-3-5-7;1-5(2,3)4/h1-5,8-9H,6H2,(H2,10,11,12);(H3,1,2,3,4). The molecule has 0 radical (unpaired) electrons. The Morgan fingerprint density at radius 2 is 1.42 bits per heavy atom. The molecule has 1 unspecified atom stereocenters. The number of benzene rings is 1. The van der Waals surface area contributed by atoms with Crippen LogP contribution in [0.15, 0.2) is 30.3 Å². The van der Waals surface area contributed by atoms with E-state index in [2.05, 4.69) is 4.52 Å². The molecule has 0 spiro atoms. The van der Waals surface area contributed by atoms with Crippen molar-refractivity contribution in [2.45, 2.75) is 12.7 Å². The lowest BCUT2D eigenvalue weighted by Gasteiger charge is -2.11. The molecule has 1 rings (SSSR count). The molecule has 0 aromatic heterocycles. The van der Waals surface area contributed by atoms with E-state index in [0.29, 0.717) is 0 Å². The van der Waals surface area contributed by atoms with E-state index >= 15 is 0 Å². The highest BCUT2D eigenvalue weighted by Gasteiger charge is 2.20. The third kappa shape index (κ3) is 15.3. The van der Waals surface area contributed by atoms with Gasteiger partial charge in [0.05, 0.1) is 0 Å². The molecule has 1 atom stereocenters. The van der Waals surface area contributed by atoms with Gasteiger partial charge in [0.15, 0.2) is 6.29 Å². The smallest absolute Gasteiger partial charge is 0.367 e. The van der Waals surface area contributed by atoms with Crippen LogP contribution in [0.25, 0.3) is 0 Å². The largest absolute Gasteiger partial charge is 0.471 e. The van der Waals surface area contributed by atoms with Crippen molar-refractivity contribution in [3.8, 4) is 0 Å². The predicted molar refractivity (Wildman–Crippen MR) is 63.5 cm³/mol. The zero-order chi connectivity index (χ0) is 15.1. The van der Waals surface area contributed by atoms with Crippen LogP contribution in [-0.2, 0) is 20.1 Å². The first-order chi connectivity index (χ1) is 8.47. The molecule has 11 heteroatoms. The topological polar surface area (TPSA) is 165 Å². The Bertz CT molecular complexity index is 442. The lowest BCUT2D eigenvalue weighted by molar-refractivity contribution is -0.0349. The van der Waals surface area contributed by atoms with Crippen LogP contribution in [0.2, 0.25) is 0 Å². The summed E-state index contributed by atoms with van der Waals surface area (Å²) >= 11 is 0. The van der Waals surface area contributed by atoms with Crippen LogP contribution < -0.4 is 0 Å². The van der Waals surface area contributed by atoms with Crippen molar-refractivity contribution in [2.24, 2.45) is 0 Å². The van der Waals surface area contributed by atoms with Crippen molar-refractivity contribution < 1.29 is 43.2 Å². The van der Waals surface area contributed by atoms with Gasteiger partial charge in [-0.1, -0.05) is 30.3 Å². The molecule has 0 aliphatic rings. The summed E-state index contributed by atoms with van der Waals surface area (Å²) in [6, 6.07) is 8.79. The molecule has 19 heavy (non-hydrogen) atoms. The van der Waals surface area contributed by atoms with Gasteiger partial charge in [-0.2, -0.15) is 0 Å². The zero-order valence-electron chi connectivity index (χ0n) is 9.47.